The van der Waals surface area contributed by atoms with Crippen molar-refractivity contribution in [3.8, 4) is 0 Å². The first-order valence-electron chi connectivity index (χ1n) is 5.52. The van der Waals surface area contributed by atoms with Crippen LogP contribution in [0.4, 0.5) is 16.3 Å². The molecule has 0 fully saturated rings. The Morgan fingerprint density at radius 1 is 1.11 bits per heavy atom. The minimum Gasteiger partial charge on any atom is -0.306 e. The molecule has 4 nitrogen and oxygen atoms in total. The van der Waals surface area contributed by atoms with Crippen LogP contribution in [0.3, 0.4) is 0 Å². The van der Waals surface area contributed by atoms with E-state index in [0.29, 0.717) is 21.6 Å². The number of hydrogen-bond donors (Lipinski definition) is 2. The molecule has 0 spiro atoms. The van der Waals surface area contributed by atoms with Crippen LogP contribution in [0.5, 0.6) is 0 Å². The molecular formula is C13H11Cl2N3O. The summed E-state index contributed by atoms with van der Waals surface area (Å²) in [4.78, 5) is 16.0. The van der Waals surface area contributed by atoms with Crippen molar-refractivity contribution in [3.63, 3.8) is 0 Å². The first-order chi connectivity index (χ1) is 9.06. The van der Waals surface area contributed by atoms with Gasteiger partial charge in [-0.15, -0.1) is 0 Å². The molecule has 0 saturated carbocycles. The number of nitrogens with one attached hydrogen (secondary N) is 2. The summed E-state index contributed by atoms with van der Waals surface area (Å²) in [6, 6.07) is 9.94. The molecule has 98 valence electrons. The van der Waals surface area contributed by atoms with E-state index < -0.39 is 6.03 Å². The van der Waals surface area contributed by atoms with Crippen LogP contribution in [-0.4, -0.2) is 11.0 Å². The summed E-state index contributed by atoms with van der Waals surface area (Å²) in [5.41, 5.74) is 1.26. The molecule has 1 heterocycles. The minimum atomic E-state index is -0.428. The zero-order chi connectivity index (χ0) is 13.8. The molecule has 2 N–H and O–H groups in total. The Hall–Kier alpha value is -1.78. The lowest BCUT2D eigenvalue weighted by Crippen LogP contribution is -2.20. The van der Waals surface area contributed by atoms with Crippen LogP contribution in [0.25, 0.3) is 0 Å². The lowest BCUT2D eigenvalue weighted by molar-refractivity contribution is 0.262. The highest BCUT2D eigenvalue weighted by Gasteiger charge is 2.08. The summed E-state index contributed by atoms with van der Waals surface area (Å²) in [5, 5.41) is 5.91. The Morgan fingerprint density at radius 2 is 1.84 bits per heavy atom. The highest BCUT2D eigenvalue weighted by molar-refractivity contribution is 6.44. The average Bonchev–Trinajstić information content (AvgIpc) is 2.35. The second kappa shape index (κ2) is 5.91. The van der Waals surface area contributed by atoms with Crippen molar-refractivity contribution in [2.45, 2.75) is 6.92 Å². The Morgan fingerprint density at radius 3 is 2.58 bits per heavy atom. The summed E-state index contributed by atoms with van der Waals surface area (Å²) in [6.45, 7) is 1.84. The molecule has 0 unspecified atom stereocenters. The predicted octanol–water partition coefficient (Wildman–Crippen LogP) is 4.34. The van der Waals surface area contributed by atoms with Gasteiger partial charge >= 0.3 is 6.03 Å². The van der Waals surface area contributed by atoms with Gasteiger partial charge in [0.15, 0.2) is 0 Å². The van der Waals surface area contributed by atoms with E-state index in [0.717, 1.165) is 5.69 Å². The first kappa shape index (κ1) is 13.6. The maximum Gasteiger partial charge on any atom is 0.324 e. The molecule has 2 rings (SSSR count). The van der Waals surface area contributed by atoms with Crippen molar-refractivity contribution in [1.82, 2.24) is 4.98 Å². The zero-order valence-corrected chi connectivity index (χ0v) is 11.6. The lowest BCUT2D eigenvalue weighted by atomic mass is 10.3. The molecule has 0 atom stereocenters. The van der Waals surface area contributed by atoms with Gasteiger partial charge in [0.25, 0.3) is 0 Å². The van der Waals surface area contributed by atoms with E-state index in [4.69, 9.17) is 23.2 Å². The Labute approximate surface area is 120 Å². The van der Waals surface area contributed by atoms with Crippen LogP contribution in [0.2, 0.25) is 10.0 Å². The second-order valence-corrected chi connectivity index (χ2v) is 4.63. The highest BCUT2D eigenvalue weighted by Crippen LogP contribution is 2.29. The number of anilines is 2. The second-order valence-electron chi connectivity index (χ2n) is 3.84. The lowest BCUT2D eigenvalue weighted by Gasteiger charge is -2.09. The van der Waals surface area contributed by atoms with Crippen molar-refractivity contribution in [1.29, 1.82) is 0 Å². The number of pyridine rings is 1. The molecule has 0 aliphatic rings. The first-order valence-corrected chi connectivity index (χ1v) is 6.27. The van der Waals surface area contributed by atoms with E-state index in [1.54, 1.807) is 24.3 Å². The molecule has 0 bridgehead atoms. The van der Waals surface area contributed by atoms with Crippen molar-refractivity contribution in [2.75, 3.05) is 10.6 Å². The van der Waals surface area contributed by atoms with Crippen LogP contribution in [0, 0.1) is 6.92 Å². The minimum absolute atomic E-state index is 0.302. The summed E-state index contributed by atoms with van der Waals surface area (Å²) < 4.78 is 0. The third kappa shape index (κ3) is 3.59. The van der Waals surface area contributed by atoms with Crippen LogP contribution >= 0.6 is 23.2 Å². The van der Waals surface area contributed by atoms with Gasteiger partial charge in [0.1, 0.15) is 5.82 Å². The normalized spacial score (nSPS) is 10.1. The quantitative estimate of drug-likeness (QED) is 0.866. The van der Waals surface area contributed by atoms with Crippen LogP contribution in [0.1, 0.15) is 5.69 Å². The third-order valence-corrected chi connectivity index (χ3v) is 3.15. The number of halogens is 2. The third-order valence-electron chi connectivity index (χ3n) is 2.33. The molecule has 19 heavy (non-hydrogen) atoms. The number of aromatic nitrogens is 1. The smallest absolute Gasteiger partial charge is 0.306 e. The van der Waals surface area contributed by atoms with E-state index in [-0.39, 0.29) is 0 Å². The van der Waals surface area contributed by atoms with E-state index in [9.17, 15) is 4.79 Å². The van der Waals surface area contributed by atoms with Crippen LogP contribution in [-0.2, 0) is 0 Å². The molecule has 0 aliphatic heterocycles. The van der Waals surface area contributed by atoms with Crippen molar-refractivity contribution >= 4 is 40.7 Å². The number of nitrogens with zero attached hydrogens (tertiary/aromatic N) is 1. The van der Waals surface area contributed by atoms with Gasteiger partial charge in [-0.05, 0) is 31.2 Å². The zero-order valence-electron chi connectivity index (χ0n) is 10.1. The fourth-order valence-electron chi connectivity index (χ4n) is 1.48. The van der Waals surface area contributed by atoms with Gasteiger partial charge in [0, 0.05) is 5.69 Å². The monoisotopic (exact) mass is 295 g/mol. The number of carbonyl (C=O) groups is 1. The van der Waals surface area contributed by atoms with Crippen molar-refractivity contribution in [2.24, 2.45) is 0 Å². The summed E-state index contributed by atoms with van der Waals surface area (Å²) >= 11 is 11.8. The van der Waals surface area contributed by atoms with E-state index in [1.165, 1.54) is 0 Å². The molecule has 1 aromatic heterocycles. The highest BCUT2D eigenvalue weighted by atomic mass is 35.5. The van der Waals surface area contributed by atoms with E-state index in [2.05, 4.69) is 15.6 Å². The summed E-state index contributed by atoms with van der Waals surface area (Å²) in [7, 11) is 0. The molecule has 2 aromatic rings. The number of urea groups is 1. The van der Waals surface area contributed by atoms with E-state index >= 15 is 0 Å². The van der Waals surface area contributed by atoms with Gasteiger partial charge in [-0.1, -0.05) is 35.3 Å². The number of hydrogen-bond acceptors (Lipinski definition) is 2. The molecule has 0 saturated heterocycles. The molecular weight excluding hydrogens is 285 g/mol. The van der Waals surface area contributed by atoms with Gasteiger partial charge in [-0.2, -0.15) is 0 Å². The van der Waals surface area contributed by atoms with Crippen molar-refractivity contribution < 1.29 is 4.79 Å². The van der Waals surface area contributed by atoms with Crippen LogP contribution in [0.15, 0.2) is 36.4 Å². The van der Waals surface area contributed by atoms with Gasteiger partial charge in [0.05, 0.1) is 15.7 Å². The number of aryl methyl sites for hydroxylation is 1. The number of rotatable bonds is 2. The fraction of sp³-hybridized carbons (Fsp3) is 0.0769. The van der Waals surface area contributed by atoms with Gasteiger partial charge in [0.2, 0.25) is 0 Å². The molecule has 0 radical (unpaired) electrons. The summed E-state index contributed by atoms with van der Waals surface area (Å²) in [6.07, 6.45) is 0. The Balaban J connectivity index is 2.08. The molecule has 6 heteroatoms. The standard InChI is InChI=1S/C13H11Cl2N3O/c1-8-4-2-7-11(16-8)18-13(19)17-10-6-3-5-9(14)12(10)15/h2-7H,1H3,(H2,16,17,18,19). The number of carbonyl (C=O) groups excluding carboxylic acids is 1. The maximum atomic E-state index is 11.8. The van der Waals surface area contributed by atoms with Gasteiger partial charge < -0.3 is 5.32 Å². The molecule has 2 amide bonds. The van der Waals surface area contributed by atoms with Crippen molar-refractivity contribution in [3.05, 3.63) is 52.1 Å². The van der Waals surface area contributed by atoms with E-state index in [1.807, 2.05) is 19.1 Å². The molecule has 1 aromatic carbocycles. The maximum absolute atomic E-state index is 11.8. The predicted molar refractivity (Wildman–Crippen MR) is 78.1 cm³/mol. The van der Waals surface area contributed by atoms with Crippen LogP contribution < -0.4 is 10.6 Å². The average molecular weight is 296 g/mol. The number of amides is 2. The molecule has 0 aliphatic carbocycles. The van der Waals surface area contributed by atoms with Gasteiger partial charge in [-0.25, -0.2) is 9.78 Å². The summed E-state index contributed by atoms with van der Waals surface area (Å²) in [5.74, 6) is 0.468. The van der Waals surface area contributed by atoms with Gasteiger partial charge in [-0.3, -0.25) is 5.32 Å². The Bertz CT molecular complexity index is 617. The topological polar surface area (TPSA) is 54.0 Å². The fourth-order valence-corrected chi connectivity index (χ4v) is 1.83. The largest absolute Gasteiger partial charge is 0.324 e. The Kier molecular flexibility index (Phi) is 4.24. The number of benzene rings is 1. The SMILES string of the molecule is Cc1cccc(NC(=O)Nc2cccc(Cl)c2Cl)n1.